The number of rotatable bonds is 1. The van der Waals surface area contributed by atoms with Crippen LogP contribution in [0.1, 0.15) is 6.92 Å². The number of amides is 1. The van der Waals surface area contributed by atoms with Gasteiger partial charge in [0.05, 0.1) is 12.2 Å². The molecule has 2 N–H and O–H groups in total. The van der Waals surface area contributed by atoms with Crippen LogP contribution in [0.25, 0.3) is 0 Å². The van der Waals surface area contributed by atoms with Crippen LogP contribution in [0.2, 0.25) is 0 Å². The van der Waals surface area contributed by atoms with Crippen LogP contribution in [0.4, 0.5) is 11.4 Å². The van der Waals surface area contributed by atoms with Gasteiger partial charge in [-0.3, -0.25) is 4.79 Å². The molecular weight excluding hydrogens is 180 g/mol. The number of carbonyl (C=O) groups excluding carboxylic acids is 1. The molecular formula is C10H12N2O2. The molecule has 1 aliphatic heterocycles. The highest BCUT2D eigenvalue weighted by atomic mass is 16.3. The monoisotopic (exact) mass is 192 g/mol. The predicted octanol–water partition coefficient (Wildman–Crippen LogP) is 1.17. The molecule has 4 nitrogen and oxygen atoms in total. The van der Waals surface area contributed by atoms with Crippen molar-refractivity contribution in [3.05, 3.63) is 18.2 Å². The summed E-state index contributed by atoms with van der Waals surface area (Å²) < 4.78 is 0. The number of para-hydroxylation sites is 1. The van der Waals surface area contributed by atoms with Gasteiger partial charge in [0.25, 0.3) is 0 Å². The van der Waals surface area contributed by atoms with Gasteiger partial charge in [0.2, 0.25) is 5.91 Å². The van der Waals surface area contributed by atoms with E-state index in [2.05, 4.69) is 5.32 Å². The zero-order valence-electron chi connectivity index (χ0n) is 7.95. The Balaban J connectivity index is 2.50. The highest BCUT2D eigenvalue weighted by molar-refractivity contribution is 6.02. The van der Waals surface area contributed by atoms with Crippen LogP contribution >= 0.6 is 0 Å². The zero-order valence-corrected chi connectivity index (χ0v) is 7.95. The van der Waals surface area contributed by atoms with E-state index < -0.39 is 0 Å². The predicted molar refractivity (Wildman–Crippen MR) is 54.6 cm³/mol. The fourth-order valence-electron chi connectivity index (χ4n) is 1.64. The minimum absolute atomic E-state index is 0.0825. The average molecular weight is 192 g/mol. The molecule has 0 aromatic heterocycles. The number of likely N-dealkylation sites (N-methyl/N-ethyl adjacent to an activating group) is 1. The number of benzene rings is 1. The van der Waals surface area contributed by atoms with E-state index in [0.717, 1.165) is 12.2 Å². The first-order valence-electron chi connectivity index (χ1n) is 4.59. The summed E-state index contributed by atoms with van der Waals surface area (Å²) in [6, 6.07) is 5.23. The standard InChI is InChI=1S/C10H12N2O2/c1-2-12-6-9(14)11-10-7(12)4-3-5-8(10)13/h3-5,13H,2,6H2,1H3,(H,11,14). The fraction of sp³-hybridized carbons (Fsp3) is 0.300. The maximum absolute atomic E-state index is 11.3. The number of hydrogen-bond acceptors (Lipinski definition) is 3. The van der Waals surface area contributed by atoms with Gasteiger partial charge in [-0.1, -0.05) is 6.07 Å². The van der Waals surface area contributed by atoms with E-state index in [0.29, 0.717) is 12.2 Å². The molecule has 0 spiro atoms. The quantitative estimate of drug-likeness (QED) is 0.657. The molecule has 1 aromatic rings. The van der Waals surface area contributed by atoms with Crippen molar-refractivity contribution in [3.8, 4) is 5.75 Å². The van der Waals surface area contributed by atoms with Crippen molar-refractivity contribution < 1.29 is 9.90 Å². The number of carbonyl (C=O) groups is 1. The van der Waals surface area contributed by atoms with E-state index in [1.807, 2.05) is 17.9 Å². The van der Waals surface area contributed by atoms with Gasteiger partial charge in [-0.25, -0.2) is 0 Å². The highest BCUT2D eigenvalue weighted by Gasteiger charge is 2.22. The zero-order chi connectivity index (χ0) is 10.1. The van der Waals surface area contributed by atoms with Gasteiger partial charge < -0.3 is 15.3 Å². The van der Waals surface area contributed by atoms with E-state index in [9.17, 15) is 9.90 Å². The van der Waals surface area contributed by atoms with Crippen LogP contribution in [-0.2, 0) is 4.79 Å². The highest BCUT2D eigenvalue weighted by Crippen LogP contribution is 2.36. The minimum atomic E-state index is -0.0825. The summed E-state index contributed by atoms with van der Waals surface area (Å²) in [5, 5.41) is 12.2. The Morgan fingerprint density at radius 3 is 3.07 bits per heavy atom. The number of anilines is 2. The molecule has 1 heterocycles. The maximum atomic E-state index is 11.3. The number of fused-ring (bicyclic) bond motifs is 1. The molecule has 1 amide bonds. The summed E-state index contributed by atoms with van der Waals surface area (Å²) in [6.45, 7) is 3.09. The minimum Gasteiger partial charge on any atom is -0.506 e. The first-order valence-corrected chi connectivity index (χ1v) is 4.59. The second kappa shape index (κ2) is 3.21. The topological polar surface area (TPSA) is 52.6 Å². The largest absolute Gasteiger partial charge is 0.506 e. The smallest absolute Gasteiger partial charge is 0.244 e. The van der Waals surface area contributed by atoms with Gasteiger partial charge in [-0.05, 0) is 19.1 Å². The lowest BCUT2D eigenvalue weighted by Crippen LogP contribution is -2.37. The third-order valence-electron chi connectivity index (χ3n) is 2.34. The van der Waals surface area contributed by atoms with Crippen molar-refractivity contribution in [1.82, 2.24) is 0 Å². The van der Waals surface area contributed by atoms with Crippen LogP contribution in [0.15, 0.2) is 18.2 Å². The number of aromatic hydroxyl groups is 1. The van der Waals surface area contributed by atoms with E-state index in [-0.39, 0.29) is 11.7 Å². The lowest BCUT2D eigenvalue weighted by molar-refractivity contribution is -0.115. The molecule has 0 unspecified atom stereocenters. The van der Waals surface area contributed by atoms with Crippen molar-refractivity contribution in [2.24, 2.45) is 0 Å². The molecule has 0 bridgehead atoms. The lowest BCUT2D eigenvalue weighted by atomic mass is 10.2. The molecule has 0 saturated heterocycles. The van der Waals surface area contributed by atoms with Crippen LogP contribution in [0.3, 0.4) is 0 Å². The summed E-state index contributed by atoms with van der Waals surface area (Å²) in [4.78, 5) is 13.2. The Bertz CT molecular complexity index is 376. The molecule has 14 heavy (non-hydrogen) atoms. The SMILES string of the molecule is CCN1CC(=O)Nc2c(O)cccc21. The molecule has 1 aliphatic rings. The number of nitrogens with one attached hydrogen (secondary N) is 1. The van der Waals surface area contributed by atoms with Crippen molar-refractivity contribution in [2.45, 2.75) is 6.92 Å². The number of phenolic OH excluding ortho intramolecular Hbond substituents is 1. The third kappa shape index (κ3) is 1.28. The summed E-state index contributed by atoms with van der Waals surface area (Å²) in [6.07, 6.45) is 0. The van der Waals surface area contributed by atoms with Crippen LogP contribution in [0, 0.1) is 0 Å². The van der Waals surface area contributed by atoms with E-state index in [1.165, 1.54) is 0 Å². The molecule has 4 heteroatoms. The van der Waals surface area contributed by atoms with Crippen molar-refractivity contribution in [3.63, 3.8) is 0 Å². The third-order valence-corrected chi connectivity index (χ3v) is 2.34. The first kappa shape index (κ1) is 8.87. The van der Waals surface area contributed by atoms with Gasteiger partial charge in [-0.2, -0.15) is 0 Å². The Labute approximate surface area is 82.2 Å². The van der Waals surface area contributed by atoms with Crippen LogP contribution < -0.4 is 10.2 Å². The van der Waals surface area contributed by atoms with Gasteiger partial charge in [0.15, 0.2) is 0 Å². The molecule has 0 atom stereocenters. The van der Waals surface area contributed by atoms with Crippen LogP contribution in [-0.4, -0.2) is 24.1 Å². The average Bonchev–Trinajstić information content (AvgIpc) is 2.18. The van der Waals surface area contributed by atoms with Gasteiger partial charge in [-0.15, -0.1) is 0 Å². The van der Waals surface area contributed by atoms with Crippen molar-refractivity contribution >= 4 is 17.3 Å². The Morgan fingerprint density at radius 1 is 1.57 bits per heavy atom. The summed E-state index contributed by atoms with van der Waals surface area (Å²) in [5.41, 5.74) is 1.40. The maximum Gasteiger partial charge on any atom is 0.244 e. The van der Waals surface area contributed by atoms with Gasteiger partial charge >= 0.3 is 0 Å². The summed E-state index contributed by atoms with van der Waals surface area (Å²) in [5.74, 6) is 0.0369. The Morgan fingerprint density at radius 2 is 2.36 bits per heavy atom. The van der Waals surface area contributed by atoms with E-state index in [1.54, 1.807) is 12.1 Å². The molecule has 0 aliphatic carbocycles. The van der Waals surface area contributed by atoms with Gasteiger partial charge in [0.1, 0.15) is 11.4 Å². The summed E-state index contributed by atoms with van der Waals surface area (Å²) >= 11 is 0. The molecule has 1 aromatic carbocycles. The molecule has 0 fully saturated rings. The number of hydrogen-bond donors (Lipinski definition) is 2. The molecule has 2 rings (SSSR count). The number of phenols is 1. The Kier molecular flexibility index (Phi) is 2.04. The molecule has 0 saturated carbocycles. The fourth-order valence-corrected chi connectivity index (χ4v) is 1.64. The molecule has 0 radical (unpaired) electrons. The summed E-state index contributed by atoms with van der Waals surface area (Å²) in [7, 11) is 0. The van der Waals surface area contributed by atoms with E-state index >= 15 is 0 Å². The van der Waals surface area contributed by atoms with Crippen molar-refractivity contribution in [2.75, 3.05) is 23.3 Å². The van der Waals surface area contributed by atoms with E-state index in [4.69, 9.17) is 0 Å². The normalized spacial score (nSPS) is 14.9. The lowest BCUT2D eigenvalue weighted by Gasteiger charge is -2.29. The van der Waals surface area contributed by atoms with Gasteiger partial charge in [0, 0.05) is 6.54 Å². The van der Waals surface area contributed by atoms with Crippen molar-refractivity contribution in [1.29, 1.82) is 0 Å². The first-order chi connectivity index (χ1) is 6.72. The second-order valence-corrected chi connectivity index (χ2v) is 3.23. The Hall–Kier alpha value is -1.71. The number of nitrogens with zero attached hydrogens (tertiary/aromatic N) is 1. The van der Waals surface area contributed by atoms with Crippen LogP contribution in [0.5, 0.6) is 5.75 Å². The molecule has 74 valence electrons. The second-order valence-electron chi connectivity index (χ2n) is 3.23.